The molecule has 0 aliphatic rings. The Morgan fingerprint density at radius 2 is 0.597 bits per heavy atom. The number of phenolic OH excluding ortho intramolecular Hbond substituents is 3. The summed E-state index contributed by atoms with van der Waals surface area (Å²) in [5, 5.41) is 30.8. The number of benzene rings is 1. The van der Waals surface area contributed by atoms with E-state index < -0.39 is 5.75 Å². The molecule has 4 heteroatoms. The van der Waals surface area contributed by atoms with Crippen LogP contribution in [0.25, 0.3) is 0 Å². The van der Waals surface area contributed by atoms with Crippen LogP contribution in [0.3, 0.4) is 0 Å². The number of ether oxygens (including phenoxy) is 1. The quantitative estimate of drug-likeness (QED) is 0.0410. The highest BCUT2D eigenvalue weighted by molar-refractivity contribution is 5.65. The van der Waals surface area contributed by atoms with Crippen LogP contribution in [0.2, 0.25) is 0 Å². The molecule has 3 N–H and O–H groups in total. The number of methoxy groups -OCH3 is 1. The van der Waals surface area contributed by atoms with Gasteiger partial charge < -0.3 is 20.1 Å². The molecule has 1 aromatic carbocycles. The predicted molar refractivity (Wildman–Crippen MR) is 273 cm³/mol. The highest BCUT2D eigenvalue weighted by Crippen LogP contribution is 2.47. The third kappa shape index (κ3) is 25.7. The minimum absolute atomic E-state index is 0.0900. The van der Waals surface area contributed by atoms with E-state index in [4.69, 9.17) is 4.74 Å². The highest BCUT2D eigenvalue weighted by Gasteiger charge is 2.21. The molecule has 0 unspecified atom stereocenters. The lowest BCUT2D eigenvalue weighted by molar-refractivity contribution is 0.326. The molecule has 0 aliphatic heterocycles. The summed E-state index contributed by atoms with van der Waals surface area (Å²) in [7, 11) is 1.36. The first-order valence-electron chi connectivity index (χ1n) is 23.8. The Balaban J connectivity index is 2.30. The van der Waals surface area contributed by atoms with Crippen molar-refractivity contribution in [2.24, 2.45) is 0 Å². The summed E-state index contributed by atoms with van der Waals surface area (Å²) in [5.41, 5.74) is 15.6. The van der Waals surface area contributed by atoms with E-state index in [1.54, 1.807) is 6.92 Å². The third-order valence-electron chi connectivity index (χ3n) is 12.0. The van der Waals surface area contributed by atoms with Crippen molar-refractivity contribution in [3.63, 3.8) is 0 Å². The summed E-state index contributed by atoms with van der Waals surface area (Å²) in [4.78, 5) is 0. The van der Waals surface area contributed by atoms with E-state index in [0.29, 0.717) is 17.5 Å². The van der Waals surface area contributed by atoms with Crippen LogP contribution in [0, 0.1) is 6.92 Å². The molecule has 0 saturated carbocycles. The lowest BCUT2D eigenvalue weighted by atomic mass is 9.99. The van der Waals surface area contributed by atoms with Gasteiger partial charge in [-0.05, 0) is 205 Å². The fourth-order valence-corrected chi connectivity index (χ4v) is 7.45. The maximum Gasteiger partial charge on any atom is 0.207 e. The van der Waals surface area contributed by atoms with Gasteiger partial charge in [0, 0.05) is 11.1 Å². The molecule has 0 amide bonds. The second-order valence-electron chi connectivity index (χ2n) is 18.5. The van der Waals surface area contributed by atoms with Gasteiger partial charge in [0.25, 0.3) is 0 Å². The minimum Gasteiger partial charge on any atom is -0.504 e. The summed E-state index contributed by atoms with van der Waals surface area (Å²) in [6.45, 7) is 26.3. The average Bonchev–Trinajstić information content (AvgIpc) is 3.20. The van der Waals surface area contributed by atoms with Gasteiger partial charge in [-0.3, -0.25) is 0 Å². The zero-order valence-electron chi connectivity index (χ0n) is 42.0. The van der Waals surface area contributed by atoms with Gasteiger partial charge in [0.15, 0.2) is 11.5 Å². The van der Waals surface area contributed by atoms with Gasteiger partial charge in [-0.1, -0.05) is 116 Å². The highest BCUT2D eigenvalue weighted by atomic mass is 16.5. The van der Waals surface area contributed by atoms with Crippen LogP contribution in [-0.4, -0.2) is 22.4 Å². The topological polar surface area (TPSA) is 69.9 Å². The standard InChI is InChI=1S/C58H90O4/c1-43(2)23-14-24-44(3)25-15-26-45(4)27-16-28-46(5)29-17-30-47(6)31-18-32-48(7)33-19-34-49(8)35-20-36-50(9)37-21-38-51(10)39-22-40-52(11)41-42-54-53(12)55(59)57(61)58(62-13)56(54)60/h23,25,27,29,31,33,35,37,39,41,59-61H,14-22,24,26,28,30,32,34,36,38,40,42H2,1-13H3/b44-25+,45-27+,46-29+,47-31+,48-33+,49-35+,50-37+,51-39+,52-41+. The monoisotopic (exact) mass is 851 g/mol. The van der Waals surface area contributed by atoms with Gasteiger partial charge in [-0.2, -0.15) is 0 Å². The predicted octanol–water partition coefficient (Wildman–Crippen LogP) is 18.2. The van der Waals surface area contributed by atoms with Crippen LogP contribution in [0.15, 0.2) is 116 Å². The molecular weight excluding hydrogens is 761 g/mol. The molecule has 0 atom stereocenters. The zero-order chi connectivity index (χ0) is 46.5. The molecule has 346 valence electrons. The molecule has 0 heterocycles. The second-order valence-corrected chi connectivity index (χ2v) is 18.5. The van der Waals surface area contributed by atoms with Crippen LogP contribution in [-0.2, 0) is 6.42 Å². The van der Waals surface area contributed by atoms with Gasteiger partial charge in [-0.15, -0.1) is 0 Å². The number of hydrogen-bond donors (Lipinski definition) is 3. The summed E-state index contributed by atoms with van der Waals surface area (Å²) >= 11 is 0. The fraction of sp³-hybridized carbons (Fsp3) is 0.552. The van der Waals surface area contributed by atoms with Crippen molar-refractivity contribution in [1.82, 2.24) is 0 Å². The van der Waals surface area contributed by atoms with Crippen molar-refractivity contribution in [3.05, 3.63) is 128 Å². The summed E-state index contributed by atoms with van der Waals surface area (Å²) in [5.74, 6) is -0.889. The normalized spacial score (nSPS) is 14.2. The Kier molecular flexibility index (Phi) is 29.3. The Morgan fingerprint density at radius 3 is 0.839 bits per heavy atom. The summed E-state index contributed by atoms with van der Waals surface area (Å²) < 4.78 is 5.09. The smallest absolute Gasteiger partial charge is 0.207 e. The third-order valence-corrected chi connectivity index (χ3v) is 12.0. The van der Waals surface area contributed by atoms with E-state index >= 15 is 0 Å². The van der Waals surface area contributed by atoms with Crippen LogP contribution < -0.4 is 4.74 Å². The van der Waals surface area contributed by atoms with Gasteiger partial charge in [-0.25, -0.2) is 0 Å². The van der Waals surface area contributed by atoms with E-state index in [9.17, 15) is 15.3 Å². The maximum absolute atomic E-state index is 10.5. The second kappa shape index (κ2) is 32.5. The molecule has 0 spiro atoms. The Labute approximate surface area is 381 Å². The first-order valence-corrected chi connectivity index (χ1v) is 23.8. The zero-order valence-corrected chi connectivity index (χ0v) is 42.0. The molecule has 0 aromatic heterocycles. The fourth-order valence-electron chi connectivity index (χ4n) is 7.45. The van der Waals surface area contributed by atoms with Crippen molar-refractivity contribution < 1.29 is 20.1 Å². The first-order chi connectivity index (χ1) is 29.4. The summed E-state index contributed by atoms with van der Waals surface area (Å²) in [6, 6.07) is 0. The van der Waals surface area contributed by atoms with E-state index in [0.717, 1.165) is 96.3 Å². The van der Waals surface area contributed by atoms with Crippen molar-refractivity contribution in [3.8, 4) is 23.0 Å². The Morgan fingerprint density at radius 1 is 0.355 bits per heavy atom. The van der Waals surface area contributed by atoms with Crippen LogP contribution in [0.5, 0.6) is 23.0 Å². The molecule has 62 heavy (non-hydrogen) atoms. The van der Waals surface area contributed by atoms with Gasteiger partial charge in [0.2, 0.25) is 11.5 Å². The Hall–Kier alpha value is -4.18. The van der Waals surface area contributed by atoms with E-state index in [-0.39, 0.29) is 17.2 Å². The maximum atomic E-state index is 10.5. The first kappa shape index (κ1) is 55.8. The van der Waals surface area contributed by atoms with E-state index in [1.165, 1.54) is 82.1 Å². The molecule has 0 fully saturated rings. The molecule has 0 bridgehead atoms. The number of rotatable bonds is 30. The molecule has 0 saturated heterocycles. The van der Waals surface area contributed by atoms with Gasteiger partial charge in [0.05, 0.1) is 7.11 Å². The van der Waals surface area contributed by atoms with Crippen LogP contribution >= 0.6 is 0 Å². The average molecular weight is 851 g/mol. The largest absolute Gasteiger partial charge is 0.504 e. The van der Waals surface area contributed by atoms with Crippen molar-refractivity contribution in [2.75, 3.05) is 7.11 Å². The van der Waals surface area contributed by atoms with Gasteiger partial charge in [0.1, 0.15) is 0 Å². The molecule has 4 nitrogen and oxygen atoms in total. The number of phenols is 3. The van der Waals surface area contributed by atoms with Crippen molar-refractivity contribution in [1.29, 1.82) is 0 Å². The molecule has 1 rings (SSSR count). The molecular formula is C58H90O4. The van der Waals surface area contributed by atoms with Crippen molar-refractivity contribution in [2.45, 2.75) is 205 Å². The minimum atomic E-state index is -0.427. The molecule has 0 radical (unpaired) electrons. The SMILES string of the molecule is COc1c(O)c(O)c(C)c(C/C=C(\C)CC/C=C(\C)CC/C=C(\C)CC/C=C(\C)CC/C=C(\C)CC/C=C(\C)CC/C=C(\C)CC/C=C(\C)CC/C=C(\C)CCC=C(C)C)c1O. The molecule has 1 aromatic rings. The summed E-state index contributed by atoms with van der Waals surface area (Å²) in [6.07, 6.45) is 44.4. The van der Waals surface area contributed by atoms with Crippen LogP contribution in [0.1, 0.15) is 203 Å². The number of allylic oxidation sites excluding steroid dienone is 20. The lowest BCUT2D eigenvalue weighted by Crippen LogP contribution is -1.95. The number of hydrogen-bond acceptors (Lipinski definition) is 4. The van der Waals surface area contributed by atoms with Gasteiger partial charge >= 0.3 is 0 Å². The lowest BCUT2D eigenvalue weighted by Gasteiger charge is -2.15. The Bertz CT molecular complexity index is 1820. The van der Waals surface area contributed by atoms with E-state index in [1.807, 2.05) is 0 Å². The van der Waals surface area contributed by atoms with Crippen molar-refractivity contribution >= 4 is 0 Å². The van der Waals surface area contributed by atoms with Crippen LogP contribution in [0.4, 0.5) is 0 Å². The molecule has 0 aliphatic carbocycles. The van der Waals surface area contributed by atoms with E-state index in [2.05, 4.69) is 137 Å². The number of aromatic hydroxyl groups is 3.